The number of nitrogens with two attached hydrogens (primary N) is 1. The number of hydrogen-bond donors (Lipinski definition) is 2. The molecule has 2 rings (SSSR count). The van der Waals surface area contributed by atoms with Gasteiger partial charge in [0, 0.05) is 6.54 Å². The molecule has 0 bridgehead atoms. The van der Waals surface area contributed by atoms with Crippen molar-refractivity contribution in [2.45, 2.75) is 31.2 Å². The van der Waals surface area contributed by atoms with E-state index in [-0.39, 0.29) is 16.4 Å². The van der Waals surface area contributed by atoms with E-state index in [2.05, 4.69) is 10.3 Å². The number of nitrogens with one attached hydrogen (secondary N) is 1. The van der Waals surface area contributed by atoms with Crippen LogP contribution >= 0.6 is 11.6 Å². The number of pyridine rings is 1. The first-order valence-corrected chi connectivity index (χ1v) is 6.68. The largest absolute Gasteiger partial charge is 0.345 e. The fraction of sp³-hybridized carbons (Fsp3) is 0.500. The van der Waals surface area contributed by atoms with Gasteiger partial charge in [-0.05, 0) is 18.9 Å². The fourth-order valence-corrected chi connectivity index (χ4v) is 2.65. The van der Waals surface area contributed by atoms with Gasteiger partial charge in [0.2, 0.25) is 0 Å². The van der Waals surface area contributed by atoms with Crippen molar-refractivity contribution >= 4 is 23.2 Å². The van der Waals surface area contributed by atoms with E-state index in [1.54, 1.807) is 0 Å². The van der Waals surface area contributed by atoms with E-state index >= 15 is 0 Å². The smallest absolute Gasteiger partial charge is 0.300 e. The summed E-state index contributed by atoms with van der Waals surface area (Å²) < 4.78 is 0. The van der Waals surface area contributed by atoms with Crippen LogP contribution in [0.5, 0.6) is 0 Å². The summed E-state index contributed by atoms with van der Waals surface area (Å²) in [4.78, 5) is 26.2. The number of rotatable bonds is 4. The van der Waals surface area contributed by atoms with Gasteiger partial charge >= 0.3 is 0 Å². The molecule has 0 unspecified atom stereocenters. The van der Waals surface area contributed by atoms with E-state index in [4.69, 9.17) is 17.3 Å². The number of nitro groups is 1. The Balaban J connectivity index is 2.29. The normalized spacial score (nSPS) is 16.9. The number of carbonyl (C=O) groups excluding carboxylic acids is 1. The molecule has 7 nitrogen and oxygen atoms in total. The first-order chi connectivity index (χ1) is 9.47. The lowest BCUT2D eigenvalue weighted by Crippen LogP contribution is -2.51. The summed E-state index contributed by atoms with van der Waals surface area (Å²) in [6.07, 6.45) is 4.51. The maximum absolute atomic E-state index is 12.3. The van der Waals surface area contributed by atoms with Gasteiger partial charge in [-0.1, -0.05) is 24.4 Å². The highest BCUT2D eigenvalue weighted by Gasteiger charge is 2.35. The average molecular weight is 299 g/mol. The zero-order chi connectivity index (χ0) is 14.8. The Hall–Kier alpha value is -1.73. The van der Waals surface area contributed by atoms with Crippen LogP contribution in [0.25, 0.3) is 0 Å². The Morgan fingerprint density at radius 1 is 1.55 bits per heavy atom. The van der Waals surface area contributed by atoms with E-state index in [0.29, 0.717) is 6.54 Å². The van der Waals surface area contributed by atoms with Gasteiger partial charge in [-0.3, -0.25) is 14.9 Å². The van der Waals surface area contributed by atoms with Crippen molar-refractivity contribution in [2.24, 2.45) is 5.73 Å². The molecule has 1 aromatic heterocycles. The lowest BCUT2D eigenvalue weighted by molar-refractivity contribution is -0.385. The predicted molar refractivity (Wildman–Crippen MR) is 73.6 cm³/mol. The summed E-state index contributed by atoms with van der Waals surface area (Å²) in [5.74, 6) is -0.534. The molecule has 108 valence electrons. The summed E-state index contributed by atoms with van der Waals surface area (Å²) in [6.45, 7) is 0.311. The zero-order valence-corrected chi connectivity index (χ0v) is 11.5. The molecule has 1 heterocycles. The Morgan fingerprint density at radius 3 is 2.75 bits per heavy atom. The molecular weight excluding hydrogens is 284 g/mol. The molecule has 0 atom stereocenters. The molecule has 3 N–H and O–H groups in total. The number of carbonyl (C=O) groups is 1. The van der Waals surface area contributed by atoms with Crippen molar-refractivity contribution in [1.82, 2.24) is 10.3 Å². The minimum atomic E-state index is -0.651. The van der Waals surface area contributed by atoms with Gasteiger partial charge in [0.05, 0.1) is 10.5 Å². The average Bonchev–Trinajstić information content (AvgIpc) is 2.87. The number of aromatic nitrogens is 1. The molecule has 0 saturated heterocycles. The maximum atomic E-state index is 12.3. The molecular formula is C12H15ClN4O3. The Labute approximate surface area is 120 Å². The number of halogens is 1. The summed E-state index contributed by atoms with van der Waals surface area (Å²) >= 11 is 5.71. The van der Waals surface area contributed by atoms with E-state index in [1.807, 2.05) is 0 Å². The molecule has 0 radical (unpaired) electrons. The van der Waals surface area contributed by atoms with Crippen molar-refractivity contribution in [3.8, 4) is 0 Å². The standard InChI is InChI=1S/C12H15ClN4O3/c13-10-5-8(9(6-15-10)17(19)20)11(18)16-12(7-14)3-1-2-4-12/h5-6H,1-4,7,14H2,(H,16,18). The van der Waals surface area contributed by atoms with Crippen LogP contribution in [0.4, 0.5) is 5.69 Å². The third-order valence-corrected chi connectivity index (χ3v) is 3.83. The van der Waals surface area contributed by atoms with E-state index in [1.165, 1.54) is 6.07 Å². The monoisotopic (exact) mass is 298 g/mol. The van der Waals surface area contributed by atoms with Crippen LogP contribution in [0.3, 0.4) is 0 Å². The zero-order valence-electron chi connectivity index (χ0n) is 10.8. The summed E-state index contributed by atoms with van der Waals surface area (Å²) in [5, 5.41) is 13.8. The van der Waals surface area contributed by atoms with Crippen molar-refractivity contribution in [1.29, 1.82) is 0 Å². The Bertz CT molecular complexity index is 544. The quantitative estimate of drug-likeness (QED) is 0.498. The first kappa shape index (κ1) is 14.7. The van der Waals surface area contributed by atoms with Crippen molar-refractivity contribution in [3.05, 3.63) is 33.1 Å². The van der Waals surface area contributed by atoms with Crippen LogP contribution in [0, 0.1) is 10.1 Å². The topological polar surface area (TPSA) is 111 Å². The van der Waals surface area contributed by atoms with Gasteiger partial charge in [0.25, 0.3) is 11.6 Å². The summed E-state index contributed by atoms with van der Waals surface area (Å²) in [5.41, 5.74) is 4.81. The molecule has 1 aromatic rings. The second kappa shape index (κ2) is 5.72. The molecule has 0 aliphatic heterocycles. The van der Waals surface area contributed by atoms with Crippen molar-refractivity contribution < 1.29 is 9.72 Å². The van der Waals surface area contributed by atoms with Crippen molar-refractivity contribution in [3.63, 3.8) is 0 Å². The van der Waals surface area contributed by atoms with Crippen molar-refractivity contribution in [2.75, 3.05) is 6.54 Å². The third kappa shape index (κ3) is 2.88. The van der Waals surface area contributed by atoms with E-state index < -0.39 is 16.4 Å². The molecule has 20 heavy (non-hydrogen) atoms. The first-order valence-electron chi connectivity index (χ1n) is 6.30. The lowest BCUT2D eigenvalue weighted by atomic mass is 9.97. The Kier molecular flexibility index (Phi) is 4.20. The van der Waals surface area contributed by atoms with Crippen LogP contribution in [0.1, 0.15) is 36.0 Å². The van der Waals surface area contributed by atoms with Gasteiger partial charge < -0.3 is 11.1 Å². The molecule has 1 aliphatic rings. The van der Waals surface area contributed by atoms with E-state index in [9.17, 15) is 14.9 Å². The van der Waals surface area contributed by atoms with Gasteiger partial charge in [0.15, 0.2) is 0 Å². The molecule has 8 heteroatoms. The molecule has 0 aromatic carbocycles. The minimum Gasteiger partial charge on any atom is -0.345 e. The van der Waals surface area contributed by atoms with Crippen LogP contribution in [0.2, 0.25) is 5.15 Å². The lowest BCUT2D eigenvalue weighted by Gasteiger charge is -2.28. The number of hydrogen-bond acceptors (Lipinski definition) is 5. The molecule has 1 aliphatic carbocycles. The number of nitrogens with zero attached hydrogens (tertiary/aromatic N) is 2. The predicted octanol–water partition coefficient (Wildman–Crippen LogP) is 1.64. The van der Waals surface area contributed by atoms with Crippen LogP contribution in [-0.4, -0.2) is 27.9 Å². The second-order valence-corrected chi connectivity index (χ2v) is 5.31. The maximum Gasteiger partial charge on any atom is 0.300 e. The van der Waals surface area contributed by atoms with Crippen LogP contribution in [-0.2, 0) is 0 Å². The third-order valence-electron chi connectivity index (χ3n) is 3.62. The van der Waals surface area contributed by atoms with Gasteiger partial charge in [-0.25, -0.2) is 4.98 Å². The van der Waals surface area contributed by atoms with Gasteiger partial charge in [-0.15, -0.1) is 0 Å². The van der Waals surface area contributed by atoms with Gasteiger partial charge in [0.1, 0.15) is 16.9 Å². The van der Waals surface area contributed by atoms with E-state index in [0.717, 1.165) is 31.9 Å². The molecule has 1 fully saturated rings. The van der Waals surface area contributed by atoms with Crippen LogP contribution < -0.4 is 11.1 Å². The minimum absolute atomic E-state index is 0.0361. The highest BCUT2D eigenvalue weighted by atomic mass is 35.5. The van der Waals surface area contributed by atoms with Crippen LogP contribution in [0.15, 0.2) is 12.3 Å². The SMILES string of the molecule is NCC1(NC(=O)c2cc(Cl)ncc2[N+](=O)[O-])CCCC1. The highest BCUT2D eigenvalue weighted by Crippen LogP contribution is 2.30. The number of amides is 1. The highest BCUT2D eigenvalue weighted by molar-refractivity contribution is 6.29. The van der Waals surface area contributed by atoms with Gasteiger partial charge in [-0.2, -0.15) is 0 Å². The summed E-state index contributed by atoms with van der Waals surface area (Å²) in [7, 11) is 0. The second-order valence-electron chi connectivity index (χ2n) is 4.93. The molecule has 1 saturated carbocycles. The summed E-state index contributed by atoms with van der Waals surface area (Å²) in [6, 6.07) is 1.20. The molecule has 0 spiro atoms. The Morgan fingerprint density at radius 2 is 2.20 bits per heavy atom. The fourth-order valence-electron chi connectivity index (χ4n) is 2.49. The molecule has 1 amide bonds.